The van der Waals surface area contributed by atoms with Crippen molar-refractivity contribution in [2.45, 2.75) is 72.6 Å². The van der Waals surface area contributed by atoms with Crippen LogP contribution in [0.15, 0.2) is 18.2 Å². The summed E-state index contributed by atoms with van der Waals surface area (Å²) in [5.41, 5.74) is 3.43. The minimum atomic E-state index is -0.226. The summed E-state index contributed by atoms with van der Waals surface area (Å²) >= 11 is 0. The molecule has 1 aliphatic rings. The lowest BCUT2D eigenvalue weighted by Crippen LogP contribution is -2.38. The Hall–Kier alpha value is -1.84. The number of hydrogen-bond donors (Lipinski definition) is 0. The summed E-state index contributed by atoms with van der Waals surface area (Å²) in [6.07, 6.45) is 2.22. The second-order valence-corrected chi connectivity index (χ2v) is 8.33. The second-order valence-electron chi connectivity index (χ2n) is 8.33. The van der Waals surface area contributed by atoms with Gasteiger partial charge in [-0.3, -0.25) is 9.59 Å². The van der Waals surface area contributed by atoms with Crippen LogP contribution in [0.3, 0.4) is 0 Å². The molecule has 27 heavy (non-hydrogen) atoms. The number of amides is 2. The van der Waals surface area contributed by atoms with Crippen molar-refractivity contribution < 1.29 is 9.59 Å². The summed E-state index contributed by atoms with van der Waals surface area (Å²) in [6.45, 7) is 14.9. The largest absolute Gasteiger partial charge is 0.342 e. The lowest BCUT2D eigenvalue weighted by atomic mass is 9.92. The topological polar surface area (TPSA) is 40.6 Å². The Balaban J connectivity index is 2.34. The molecule has 1 atom stereocenters. The van der Waals surface area contributed by atoms with Crippen molar-refractivity contribution in [1.29, 1.82) is 0 Å². The van der Waals surface area contributed by atoms with Gasteiger partial charge in [0.2, 0.25) is 11.8 Å². The Kier molecular flexibility index (Phi) is 7.46. The number of carbonyl (C=O) groups excluding carboxylic acids is 2. The minimum absolute atomic E-state index is 0.0799. The molecule has 1 saturated heterocycles. The second kappa shape index (κ2) is 9.38. The maximum absolute atomic E-state index is 13.0. The van der Waals surface area contributed by atoms with Crippen molar-refractivity contribution in [3.8, 4) is 0 Å². The maximum atomic E-state index is 13.0. The number of rotatable bonds is 8. The molecular weight excluding hydrogens is 336 g/mol. The Bertz CT molecular complexity index is 634. The van der Waals surface area contributed by atoms with Crippen LogP contribution >= 0.6 is 0 Å². The zero-order valence-corrected chi connectivity index (χ0v) is 17.9. The first-order valence-corrected chi connectivity index (χ1v) is 10.5. The van der Waals surface area contributed by atoms with E-state index in [4.69, 9.17) is 0 Å². The Morgan fingerprint density at radius 2 is 1.59 bits per heavy atom. The molecule has 0 spiro atoms. The monoisotopic (exact) mass is 372 g/mol. The molecule has 0 bridgehead atoms. The van der Waals surface area contributed by atoms with E-state index in [0.717, 1.165) is 31.6 Å². The van der Waals surface area contributed by atoms with Gasteiger partial charge in [-0.1, -0.05) is 59.7 Å². The summed E-state index contributed by atoms with van der Waals surface area (Å²) in [5, 5.41) is 0. The van der Waals surface area contributed by atoms with Gasteiger partial charge in [0.1, 0.15) is 0 Å². The zero-order valence-electron chi connectivity index (χ0n) is 17.9. The van der Waals surface area contributed by atoms with Gasteiger partial charge in [0.15, 0.2) is 0 Å². The van der Waals surface area contributed by atoms with E-state index in [1.807, 2.05) is 9.80 Å². The van der Waals surface area contributed by atoms with Crippen molar-refractivity contribution in [2.24, 2.45) is 5.92 Å². The van der Waals surface area contributed by atoms with E-state index in [2.05, 4.69) is 59.7 Å². The summed E-state index contributed by atoms with van der Waals surface area (Å²) < 4.78 is 0. The average molecular weight is 373 g/mol. The Morgan fingerprint density at radius 3 is 2.04 bits per heavy atom. The smallest absolute Gasteiger partial charge is 0.228 e. The van der Waals surface area contributed by atoms with Crippen molar-refractivity contribution in [2.75, 3.05) is 24.5 Å². The molecule has 4 heteroatoms. The molecule has 2 rings (SSSR count). The molecule has 150 valence electrons. The Morgan fingerprint density at radius 1 is 1.07 bits per heavy atom. The predicted molar refractivity (Wildman–Crippen MR) is 112 cm³/mol. The quantitative estimate of drug-likeness (QED) is 0.649. The van der Waals surface area contributed by atoms with Crippen LogP contribution in [0.5, 0.6) is 0 Å². The summed E-state index contributed by atoms with van der Waals surface area (Å²) in [5.74, 6) is 0.658. The fourth-order valence-corrected chi connectivity index (χ4v) is 4.04. The highest BCUT2D eigenvalue weighted by Crippen LogP contribution is 2.38. The van der Waals surface area contributed by atoms with Gasteiger partial charge in [0.05, 0.1) is 11.6 Å². The number of benzene rings is 1. The third kappa shape index (κ3) is 4.72. The molecule has 2 amide bonds. The number of carbonyl (C=O) groups is 2. The van der Waals surface area contributed by atoms with Crippen LogP contribution in [0.2, 0.25) is 0 Å². The van der Waals surface area contributed by atoms with Crippen molar-refractivity contribution in [3.05, 3.63) is 29.3 Å². The molecule has 0 N–H and O–H groups in total. The van der Waals surface area contributed by atoms with E-state index < -0.39 is 0 Å². The number of anilines is 1. The highest BCUT2D eigenvalue weighted by molar-refractivity contribution is 6.01. The van der Waals surface area contributed by atoms with Gasteiger partial charge in [-0.25, -0.2) is 0 Å². The lowest BCUT2D eigenvalue weighted by molar-refractivity contribution is -0.135. The van der Waals surface area contributed by atoms with Crippen LogP contribution < -0.4 is 4.90 Å². The highest BCUT2D eigenvalue weighted by atomic mass is 16.2. The van der Waals surface area contributed by atoms with Gasteiger partial charge in [-0.05, 0) is 35.8 Å². The lowest BCUT2D eigenvalue weighted by Gasteiger charge is -2.28. The summed E-state index contributed by atoms with van der Waals surface area (Å²) in [4.78, 5) is 29.8. The molecule has 0 aliphatic carbocycles. The van der Waals surface area contributed by atoms with E-state index >= 15 is 0 Å². The van der Waals surface area contributed by atoms with Crippen LogP contribution in [0, 0.1) is 5.92 Å². The highest BCUT2D eigenvalue weighted by Gasteiger charge is 2.38. The van der Waals surface area contributed by atoms with Gasteiger partial charge in [0.25, 0.3) is 0 Å². The first-order valence-electron chi connectivity index (χ1n) is 10.5. The van der Waals surface area contributed by atoms with Gasteiger partial charge >= 0.3 is 0 Å². The van der Waals surface area contributed by atoms with Gasteiger partial charge in [-0.2, -0.15) is 0 Å². The molecule has 1 aliphatic heterocycles. The van der Waals surface area contributed by atoms with Crippen molar-refractivity contribution >= 4 is 17.5 Å². The van der Waals surface area contributed by atoms with E-state index in [1.165, 1.54) is 11.1 Å². The standard InChI is InChI=1S/C23H36N2O2/c1-7-12-24(13-8-2)23(27)18-14-21(26)25(15-18)22-19(16(3)4)10-9-11-20(22)17(5)6/h9-11,16-18H,7-8,12-15H2,1-6H3. The maximum Gasteiger partial charge on any atom is 0.228 e. The van der Waals surface area contributed by atoms with Crippen LogP contribution in [0.1, 0.15) is 83.8 Å². The SMILES string of the molecule is CCCN(CCC)C(=O)C1CC(=O)N(c2c(C(C)C)cccc2C(C)C)C1. The molecule has 1 fully saturated rings. The molecule has 4 nitrogen and oxygen atoms in total. The first kappa shape index (κ1) is 21.5. The molecule has 0 radical (unpaired) electrons. The fourth-order valence-electron chi connectivity index (χ4n) is 4.04. The number of nitrogens with zero attached hydrogens (tertiary/aromatic N) is 2. The molecule has 1 heterocycles. The van der Waals surface area contributed by atoms with Gasteiger partial charge < -0.3 is 9.80 Å². The van der Waals surface area contributed by atoms with E-state index in [-0.39, 0.29) is 17.7 Å². The normalized spacial score (nSPS) is 17.3. The zero-order chi connectivity index (χ0) is 20.1. The third-order valence-corrected chi connectivity index (χ3v) is 5.39. The fraction of sp³-hybridized carbons (Fsp3) is 0.652. The third-order valence-electron chi connectivity index (χ3n) is 5.39. The van der Waals surface area contributed by atoms with Gasteiger partial charge in [0, 0.05) is 26.1 Å². The Labute approximate surface area is 164 Å². The van der Waals surface area contributed by atoms with Crippen molar-refractivity contribution in [1.82, 2.24) is 4.90 Å². The van der Waals surface area contributed by atoms with Crippen LogP contribution in [-0.4, -0.2) is 36.3 Å². The molecule has 0 saturated carbocycles. The molecule has 1 aromatic rings. The molecular formula is C23H36N2O2. The first-order chi connectivity index (χ1) is 12.8. The van der Waals surface area contributed by atoms with E-state index in [1.54, 1.807) is 0 Å². The average Bonchev–Trinajstić information content (AvgIpc) is 3.01. The van der Waals surface area contributed by atoms with Crippen LogP contribution in [0.4, 0.5) is 5.69 Å². The molecule has 1 unspecified atom stereocenters. The van der Waals surface area contributed by atoms with Crippen LogP contribution in [-0.2, 0) is 9.59 Å². The minimum Gasteiger partial charge on any atom is -0.342 e. The summed E-state index contributed by atoms with van der Waals surface area (Å²) in [6, 6.07) is 6.32. The number of hydrogen-bond acceptors (Lipinski definition) is 2. The predicted octanol–water partition coefficient (Wildman–Crippen LogP) is 4.93. The van der Waals surface area contributed by atoms with Crippen LogP contribution in [0.25, 0.3) is 0 Å². The summed E-state index contributed by atoms with van der Waals surface area (Å²) in [7, 11) is 0. The van der Waals surface area contributed by atoms with Crippen molar-refractivity contribution in [3.63, 3.8) is 0 Å². The van der Waals surface area contributed by atoms with Gasteiger partial charge in [-0.15, -0.1) is 0 Å². The number of para-hydroxylation sites is 1. The molecule has 0 aromatic heterocycles. The molecule has 1 aromatic carbocycles. The van der Waals surface area contributed by atoms with E-state index in [9.17, 15) is 9.59 Å². The van der Waals surface area contributed by atoms with E-state index in [0.29, 0.717) is 24.8 Å².